The molecule has 0 heterocycles. The zero-order valence-corrected chi connectivity index (χ0v) is 12.7. The lowest BCUT2D eigenvalue weighted by Crippen LogP contribution is -2.57. The van der Waals surface area contributed by atoms with Gasteiger partial charge in [-0.2, -0.15) is 0 Å². The summed E-state index contributed by atoms with van der Waals surface area (Å²) in [5, 5.41) is 0. The first-order chi connectivity index (χ1) is 8.14. The summed E-state index contributed by atoms with van der Waals surface area (Å²) in [6.45, 7) is 6.90. The minimum atomic E-state index is -2.32. The predicted octanol–water partition coefficient (Wildman–Crippen LogP) is 1.84. The molecule has 0 aromatic heterocycles. The van der Waals surface area contributed by atoms with Crippen LogP contribution in [0, 0.1) is 0 Å². The fourth-order valence-corrected chi connectivity index (χ4v) is 3.92. The lowest BCUT2D eigenvalue weighted by atomic mass is 10.1. The minimum absolute atomic E-state index is 0.206. The van der Waals surface area contributed by atoms with E-state index < -0.39 is 8.56 Å². The highest BCUT2D eigenvalue weighted by Gasteiger charge is 2.36. The van der Waals surface area contributed by atoms with Crippen LogP contribution >= 0.6 is 0 Å². The molecule has 0 aromatic rings. The van der Waals surface area contributed by atoms with Gasteiger partial charge in [-0.25, -0.2) is 0 Å². The summed E-state index contributed by atoms with van der Waals surface area (Å²) < 4.78 is 11.7. The summed E-state index contributed by atoms with van der Waals surface area (Å²) in [6, 6.07) is 0. The van der Waals surface area contributed by atoms with Crippen molar-refractivity contribution in [2.45, 2.75) is 59.0 Å². The number of nitrogens with two attached hydrogens (primary N) is 2. The summed E-state index contributed by atoms with van der Waals surface area (Å²) in [4.78, 5) is 0. The van der Waals surface area contributed by atoms with Crippen molar-refractivity contribution in [3.8, 4) is 0 Å². The zero-order valence-electron chi connectivity index (χ0n) is 11.7. The van der Waals surface area contributed by atoms with Crippen molar-refractivity contribution in [1.29, 1.82) is 0 Å². The van der Waals surface area contributed by atoms with E-state index in [0.29, 0.717) is 18.9 Å². The molecule has 104 valence electrons. The van der Waals surface area contributed by atoms with Gasteiger partial charge in [0.05, 0.1) is 0 Å². The molecule has 4 N–H and O–H groups in total. The normalized spacial score (nSPS) is 13.9. The van der Waals surface area contributed by atoms with Crippen LogP contribution in [-0.2, 0) is 8.85 Å². The maximum absolute atomic E-state index is 6.02. The number of hydrogen-bond donors (Lipinski definition) is 2. The van der Waals surface area contributed by atoms with E-state index >= 15 is 0 Å². The standard InChI is InChI=1S/C12H30N2O2Si/c1-4-6-7-8-9-12(3)16-17(10-13,11-14)15-5-2/h12H,4-11,13-14H2,1-3H3. The van der Waals surface area contributed by atoms with Crippen molar-refractivity contribution in [3.63, 3.8) is 0 Å². The average molecular weight is 262 g/mol. The molecule has 1 unspecified atom stereocenters. The third kappa shape index (κ3) is 7.16. The molecule has 0 saturated carbocycles. The van der Waals surface area contributed by atoms with Crippen LogP contribution in [0.5, 0.6) is 0 Å². The Kier molecular flexibility index (Phi) is 10.1. The summed E-state index contributed by atoms with van der Waals surface area (Å²) in [5.74, 6) is 0. The predicted molar refractivity (Wildman–Crippen MR) is 74.8 cm³/mol. The van der Waals surface area contributed by atoms with Crippen LogP contribution in [0.1, 0.15) is 52.9 Å². The van der Waals surface area contributed by atoms with Gasteiger partial charge < -0.3 is 20.3 Å². The molecule has 0 spiro atoms. The van der Waals surface area contributed by atoms with Gasteiger partial charge in [-0.1, -0.05) is 32.6 Å². The van der Waals surface area contributed by atoms with Gasteiger partial charge in [-0.3, -0.25) is 0 Å². The Morgan fingerprint density at radius 2 is 1.71 bits per heavy atom. The summed E-state index contributed by atoms with van der Waals surface area (Å²) in [5.41, 5.74) is 11.5. The second-order valence-electron chi connectivity index (χ2n) is 4.53. The fourth-order valence-electron chi connectivity index (χ4n) is 1.88. The smallest absolute Gasteiger partial charge is 0.366 e. The van der Waals surface area contributed by atoms with Gasteiger partial charge in [0.2, 0.25) is 0 Å². The quantitative estimate of drug-likeness (QED) is 0.440. The van der Waals surface area contributed by atoms with E-state index in [-0.39, 0.29) is 6.10 Å². The molecule has 0 saturated heterocycles. The molecule has 1 atom stereocenters. The van der Waals surface area contributed by atoms with Gasteiger partial charge in [-0.15, -0.1) is 0 Å². The first-order valence-electron chi connectivity index (χ1n) is 6.86. The van der Waals surface area contributed by atoms with Gasteiger partial charge in [0.1, 0.15) is 0 Å². The van der Waals surface area contributed by atoms with E-state index in [9.17, 15) is 0 Å². The molecule has 0 amide bonds. The van der Waals surface area contributed by atoms with E-state index in [1.165, 1.54) is 25.7 Å². The SMILES string of the molecule is CCCCCCC(C)O[Si](CN)(CN)OCC. The molecule has 0 radical (unpaired) electrons. The van der Waals surface area contributed by atoms with Crippen LogP contribution in [0.4, 0.5) is 0 Å². The molecule has 4 nitrogen and oxygen atoms in total. The topological polar surface area (TPSA) is 70.5 Å². The number of unbranched alkanes of at least 4 members (excludes halogenated alkanes) is 3. The van der Waals surface area contributed by atoms with E-state index in [2.05, 4.69) is 13.8 Å². The number of hydrogen-bond acceptors (Lipinski definition) is 4. The van der Waals surface area contributed by atoms with E-state index in [1.807, 2.05) is 6.92 Å². The molecule has 0 aliphatic heterocycles. The van der Waals surface area contributed by atoms with Crippen LogP contribution in [0.2, 0.25) is 0 Å². The van der Waals surface area contributed by atoms with Crippen molar-refractivity contribution < 1.29 is 8.85 Å². The van der Waals surface area contributed by atoms with Crippen molar-refractivity contribution in [2.75, 3.05) is 18.9 Å². The fraction of sp³-hybridized carbons (Fsp3) is 1.00. The minimum Gasteiger partial charge on any atom is -0.393 e. The molecule has 17 heavy (non-hydrogen) atoms. The third-order valence-electron chi connectivity index (χ3n) is 2.91. The first-order valence-corrected chi connectivity index (χ1v) is 9.09. The van der Waals surface area contributed by atoms with Crippen molar-refractivity contribution in [2.24, 2.45) is 11.5 Å². The zero-order chi connectivity index (χ0) is 13.1. The lowest BCUT2D eigenvalue weighted by molar-refractivity contribution is 0.120. The van der Waals surface area contributed by atoms with Crippen LogP contribution in [0.15, 0.2) is 0 Å². The maximum atomic E-state index is 6.02. The summed E-state index contributed by atoms with van der Waals surface area (Å²) in [6.07, 6.45) is 7.21. The second-order valence-corrected chi connectivity index (χ2v) is 7.69. The van der Waals surface area contributed by atoms with Crippen LogP contribution in [-0.4, -0.2) is 33.6 Å². The van der Waals surface area contributed by atoms with Crippen LogP contribution < -0.4 is 11.5 Å². The Bertz CT molecular complexity index is 178. The molecular weight excluding hydrogens is 232 g/mol. The molecule has 0 rings (SSSR count). The van der Waals surface area contributed by atoms with E-state index in [0.717, 1.165) is 6.42 Å². The van der Waals surface area contributed by atoms with Crippen molar-refractivity contribution >= 4 is 8.56 Å². The molecule has 0 bridgehead atoms. The average Bonchev–Trinajstić information content (AvgIpc) is 2.34. The van der Waals surface area contributed by atoms with Crippen molar-refractivity contribution in [1.82, 2.24) is 0 Å². The largest absolute Gasteiger partial charge is 0.393 e. The molecule has 0 fully saturated rings. The molecule has 0 aliphatic carbocycles. The van der Waals surface area contributed by atoms with Gasteiger partial charge in [-0.05, 0) is 20.3 Å². The first kappa shape index (κ1) is 17.1. The van der Waals surface area contributed by atoms with E-state index in [4.69, 9.17) is 20.3 Å². The molecule has 5 heteroatoms. The second kappa shape index (κ2) is 10.0. The van der Waals surface area contributed by atoms with Crippen LogP contribution in [0.3, 0.4) is 0 Å². The van der Waals surface area contributed by atoms with Gasteiger partial charge in [0.15, 0.2) is 0 Å². The molecular formula is C12H30N2O2Si. The third-order valence-corrected chi connectivity index (χ3v) is 5.80. The summed E-state index contributed by atoms with van der Waals surface area (Å²) in [7, 11) is -2.32. The Morgan fingerprint density at radius 3 is 2.18 bits per heavy atom. The van der Waals surface area contributed by atoms with E-state index in [1.54, 1.807) is 0 Å². The van der Waals surface area contributed by atoms with Crippen LogP contribution in [0.25, 0.3) is 0 Å². The highest BCUT2D eigenvalue weighted by atomic mass is 28.4. The van der Waals surface area contributed by atoms with Gasteiger partial charge >= 0.3 is 8.56 Å². The van der Waals surface area contributed by atoms with Crippen molar-refractivity contribution in [3.05, 3.63) is 0 Å². The number of rotatable bonds is 11. The maximum Gasteiger partial charge on any atom is 0.366 e. The highest BCUT2D eigenvalue weighted by molar-refractivity contribution is 6.67. The molecule has 0 aliphatic rings. The lowest BCUT2D eigenvalue weighted by Gasteiger charge is -2.31. The summed E-state index contributed by atoms with van der Waals surface area (Å²) >= 11 is 0. The Balaban J connectivity index is 3.98. The van der Waals surface area contributed by atoms with Gasteiger partial charge in [0.25, 0.3) is 0 Å². The Morgan fingerprint density at radius 1 is 1.06 bits per heavy atom. The Labute approximate surface area is 107 Å². The molecule has 0 aromatic carbocycles. The Hall–Kier alpha value is 0.0569. The monoisotopic (exact) mass is 262 g/mol. The highest BCUT2D eigenvalue weighted by Crippen LogP contribution is 2.13. The van der Waals surface area contributed by atoms with Gasteiger partial charge in [0, 0.05) is 25.0 Å².